The van der Waals surface area contributed by atoms with Crippen LogP contribution >= 0.6 is 24.2 Å². The van der Waals surface area contributed by atoms with Crippen LogP contribution < -0.4 is 11.1 Å². The van der Waals surface area contributed by atoms with Crippen molar-refractivity contribution in [3.63, 3.8) is 0 Å². The van der Waals surface area contributed by atoms with Gasteiger partial charge in [-0.25, -0.2) is 13.1 Å². The number of aryl methyl sites for hydroxylation is 1. The van der Waals surface area contributed by atoms with Crippen LogP contribution in [0, 0.1) is 6.92 Å². The van der Waals surface area contributed by atoms with E-state index in [1.165, 1.54) is 4.31 Å². The smallest absolute Gasteiger partial charge is 0.243 e. The molecule has 0 aliphatic carbocycles. The van der Waals surface area contributed by atoms with Crippen molar-refractivity contribution in [2.45, 2.75) is 11.8 Å². The van der Waals surface area contributed by atoms with Gasteiger partial charge in [-0.15, -0.1) is 9.63 Å². The van der Waals surface area contributed by atoms with Gasteiger partial charge < -0.3 is 11.1 Å². The fraction of sp³-hybridized carbons (Fsp3) is 0.238. The lowest BCUT2D eigenvalue weighted by Crippen LogP contribution is -2.46. The third-order valence-corrected chi connectivity index (χ3v) is 8.01. The molecular weight excluding hydrogens is 478 g/mol. The molecule has 0 bridgehead atoms. The number of nitrogen functional groups attached to an aromatic ring is 1. The number of nitrogens with zero attached hydrogens (tertiary/aromatic N) is 5. The normalized spacial score (nSPS) is 15.2. The zero-order chi connectivity index (χ0) is 23.4. The van der Waals surface area contributed by atoms with E-state index in [0.29, 0.717) is 53.1 Å². The van der Waals surface area contributed by atoms with Crippen molar-refractivity contribution in [1.82, 2.24) is 19.4 Å². The quantitative estimate of drug-likeness (QED) is 0.302. The zero-order valence-corrected chi connectivity index (χ0v) is 20.3. The van der Waals surface area contributed by atoms with Gasteiger partial charge in [0.05, 0.1) is 27.5 Å². The summed E-state index contributed by atoms with van der Waals surface area (Å²) in [5.41, 5.74) is 9.01. The summed E-state index contributed by atoms with van der Waals surface area (Å²) < 4.78 is 33.1. The first-order valence-electron chi connectivity index (χ1n) is 10.2. The van der Waals surface area contributed by atoms with Gasteiger partial charge >= 0.3 is 0 Å². The number of hydrogen-bond donors (Lipinski definition) is 2. The lowest BCUT2D eigenvalue weighted by molar-refractivity contribution is 0.360. The molecule has 33 heavy (non-hydrogen) atoms. The molecule has 9 nitrogen and oxygen atoms in total. The molecule has 2 heterocycles. The van der Waals surface area contributed by atoms with Gasteiger partial charge in [0, 0.05) is 38.1 Å². The summed E-state index contributed by atoms with van der Waals surface area (Å²) in [4.78, 5) is 0.239. The van der Waals surface area contributed by atoms with E-state index in [2.05, 4.69) is 20.0 Å². The van der Waals surface area contributed by atoms with E-state index in [9.17, 15) is 8.42 Å². The Kier molecular flexibility index (Phi) is 7.20. The van der Waals surface area contributed by atoms with Crippen molar-refractivity contribution in [1.29, 1.82) is 0 Å². The maximum atomic E-state index is 12.7. The van der Waals surface area contributed by atoms with Gasteiger partial charge in [-0.05, 0) is 43.3 Å². The minimum absolute atomic E-state index is 0.239. The molecule has 172 valence electrons. The topological polar surface area (TPSA) is 118 Å². The van der Waals surface area contributed by atoms with E-state index in [0.717, 1.165) is 17.6 Å². The summed E-state index contributed by atoms with van der Waals surface area (Å²) in [6.45, 7) is 4.06. The highest BCUT2D eigenvalue weighted by atomic mass is 32.2. The summed E-state index contributed by atoms with van der Waals surface area (Å²) >= 11 is 6.52. The van der Waals surface area contributed by atoms with Gasteiger partial charge in [-0.1, -0.05) is 30.4 Å². The molecule has 0 unspecified atom stereocenters. The molecular formula is C21H23N7O2S3. The van der Waals surface area contributed by atoms with E-state index >= 15 is 0 Å². The Morgan fingerprint density at radius 1 is 1.12 bits per heavy atom. The van der Waals surface area contributed by atoms with Crippen LogP contribution in [0.3, 0.4) is 0 Å². The number of para-hydroxylation sites is 1. The van der Waals surface area contributed by atoms with E-state index in [4.69, 9.17) is 18.0 Å². The van der Waals surface area contributed by atoms with Gasteiger partial charge in [0.25, 0.3) is 0 Å². The SMILES string of the molecule is Cc1nn(-c2ccccc2)c(N)c1C(=S)SN=Nc1ccc(S(=O)(=O)N2CCNCC2)cc1. The zero-order valence-electron chi connectivity index (χ0n) is 17.9. The Morgan fingerprint density at radius 3 is 2.45 bits per heavy atom. The summed E-state index contributed by atoms with van der Waals surface area (Å²) in [5.74, 6) is 0.439. The first-order chi connectivity index (χ1) is 15.9. The van der Waals surface area contributed by atoms with Crippen molar-refractivity contribution < 1.29 is 8.42 Å². The average Bonchev–Trinajstić information content (AvgIpc) is 3.14. The first kappa shape index (κ1) is 23.5. The minimum Gasteiger partial charge on any atom is -0.383 e. The maximum Gasteiger partial charge on any atom is 0.243 e. The fourth-order valence-electron chi connectivity index (χ4n) is 3.43. The van der Waals surface area contributed by atoms with E-state index in [1.54, 1.807) is 28.9 Å². The molecule has 1 saturated heterocycles. The van der Waals surface area contributed by atoms with Crippen LogP contribution in [-0.2, 0) is 10.0 Å². The number of benzene rings is 2. The van der Waals surface area contributed by atoms with E-state index in [1.807, 2.05) is 37.3 Å². The number of rotatable bonds is 6. The monoisotopic (exact) mass is 501 g/mol. The van der Waals surface area contributed by atoms with Crippen LogP contribution in [0.1, 0.15) is 11.3 Å². The van der Waals surface area contributed by atoms with Gasteiger partial charge in [0.1, 0.15) is 10.0 Å². The Balaban J connectivity index is 1.43. The summed E-state index contributed by atoms with van der Waals surface area (Å²) in [5, 5.41) is 11.8. The summed E-state index contributed by atoms with van der Waals surface area (Å²) in [7, 11) is -3.51. The largest absolute Gasteiger partial charge is 0.383 e. The highest BCUT2D eigenvalue weighted by Crippen LogP contribution is 2.28. The predicted molar refractivity (Wildman–Crippen MR) is 135 cm³/mol. The fourth-order valence-corrected chi connectivity index (χ4v) is 5.78. The predicted octanol–water partition coefficient (Wildman–Crippen LogP) is 3.46. The molecule has 1 fully saturated rings. The Bertz CT molecular complexity index is 1270. The van der Waals surface area contributed by atoms with E-state index < -0.39 is 10.0 Å². The number of nitrogens with one attached hydrogen (secondary N) is 1. The van der Waals surface area contributed by atoms with Crippen LogP contribution in [0.2, 0.25) is 0 Å². The lowest BCUT2D eigenvalue weighted by Gasteiger charge is -2.26. The second-order valence-corrected chi connectivity index (χ2v) is 10.7. The average molecular weight is 502 g/mol. The highest BCUT2D eigenvalue weighted by Gasteiger charge is 2.25. The van der Waals surface area contributed by atoms with Crippen molar-refractivity contribution in [2.24, 2.45) is 9.63 Å². The maximum absolute atomic E-state index is 12.7. The van der Waals surface area contributed by atoms with Gasteiger partial charge in [0.15, 0.2) is 0 Å². The third-order valence-electron chi connectivity index (χ3n) is 5.13. The first-order valence-corrected chi connectivity index (χ1v) is 12.8. The number of anilines is 1. The van der Waals surface area contributed by atoms with Gasteiger partial charge in [-0.2, -0.15) is 9.40 Å². The molecule has 4 rings (SSSR count). The molecule has 0 saturated carbocycles. The lowest BCUT2D eigenvalue weighted by atomic mass is 10.2. The third kappa shape index (κ3) is 5.14. The molecule has 0 atom stereocenters. The van der Waals surface area contributed by atoms with Crippen molar-refractivity contribution >= 4 is 49.9 Å². The molecule has 12 heteroatoms. The molecule has 1 aliphatic rings. The van der Waals surface area contributed by atoms with Gasteiger partial charge in [0.2, 0.25) is 10.0 Å². The number of sulfonamides is 1. The standard InChI is InChI=1S/C21H23N7O2S3/c1-15-19(20(22)28(25-15)17-5-3-2-4-6-17)21(31)32-26-24-16-7-9-18(10-8-16)33(29,30)27-13-11-23-12-14-27/h2-10,23H,11-14,22H2,1H3. The van der Waals surface area contributed by atoms with Crippen molar-refractivity contribution in [2.75, 3.05) is 31.9 Å². The second-order valence-electron chi connectivity index (χ2n) is 7.30. The summed E-state index contributed by atoms with van der Waals surface area (Å²) in [6.07, 6.45) is 0. The molecule has 1 aliphatic heterocycles. The van der Waals surface area contributed by atoms with Crippen LogP contribution in [0.4, 0.5) is 11.5 Å². The van der Waals surface area contributed by atoms with Gasteiger partial charge in [-0.3, -0.25) is 0 Å². The Morgan fingerprint density at radius 2 is 1.79 bits per heavy atom. The number of hydrogen-bond acceptors (Lipinski definition) is 9. The van der Waals surface area contributed by atoms with Crippen molar-refractivity contribution in [3.8, 4) is 5.69 Å². The Labute approximate surface area is 202 Å². The van der Waals surface area contributed by atoms with E-state index in [-0.39, 0.29) is 4.90 Å². The number of nitrogens with two attached hydrogens (primary N) is 1. The number of piperazine rings is 1. The number of aromatic nitrogens is 2. The molecule has 1 aromatic heterocycles. The molecule has 3 N–H and O–H groups in total. The Hall–Kier alpha value is -2.64. The number of thiocarbonyl (C=S) groups is 1. The van der Waals surface area contributed by atoms with Crippen LogP contribution in [0.15, 0.2) is 69.1 Å². The molecule has 0 amide bonds. The molecule has 3 aromatic rings. The summed E-state index contributed by atoms with van der Waals surface area (Å²) in [6, 6.07) is 15.9. The second kappa shape index (κ2) is 10.1. The highest BCUT2D eigenvalue weighted by molar-refractivity contribution is 8.22. The van der Waals surface area contributed by atoms with Crippen LogP contribution in [0.25, 0.3) is 5.69 Å². The van der Waals surface area contributed by atoms with Crippen LogP contribution in [-0.4, -0.2) is 52.9 Å². The van der Waals surface area contributed by atoms with Crippen LogP contribution in [0.5, 0.6) is 0 Å². The van der Waals surface area contributed by atoms with Crippen molar-refractivity contribution in [3.05, 3.63) is 65.9 Å². The minimum atomic E-state index is -3.51. The molecule has 2 aromatic carbocycles. The molecule has 0 radical (unpaired) electrons. The molecule has 0 spiro atoms.